The molecule has 6 nitrogen and oxygen atoms in total. The lowest BCUT2D eigenvalue weighted by Crippen LogP contribution is -2.36. The van der Waals surface area contributed by atoms with Crippen LogP contribution >= 0.6 is 0 Å². The molecule has 0 radical (unpaired) electrons. The minimum absolute atomic E-state index is 0.0956. The van der Waals surface area contributed by atoms with Gasteiger partial charge in [-0.25, -0.2) is 4.79 Å². The lowest BCUT2D eigenvalue weighted by Gasteiger charge is -2.15. The summed E-state index contributed by atoms with van der Waals surface area (Å²) in [5, 5.41) is 8.45. The predicted molar refractivity (Wildman–Crippen MR) is 44.1 cm³/mol. The molecule has 1 heterocycles. The molecule has 2 rings (SSSR count). The summed E-state index contributed by atoms with van der Waals surface area (Å²) in [5.74, 6) is -2.65. The van der Waals surface area contributed by atoms with Crippen molar-refractivity contribution in [3.05, 3.63) is 0 Å². The Morgan fingerprint density at radius 3 is 2.50 bits per heavy atom. The van der Waals surface area contributed by atoms with E-state index in [1.165, 1.54) is 0 Å². The highest BCUT2D eigenvalue weighted by Crippen LogP contribution is 2.29. The Kier molecular flexibility index (Phi) is 1.90. The second kappa shape index (κ2) is 2.97. The fourth-order valence-electron chi connectivity index (χ4n) is 1.54. The van der Waals surface area contributed by atoms with Crippen LogP contribution < -0.4 is 0 Å². The van der Waals surface area contributed by atoms with E-state index in [4.69, 9.17) is 5.11 Å². The summed E-state index contributed by atoms with van der Waals surface area (Å²) < 4.78 is 0. The van der Waals surface area contributed by atoms with E-state index in [1.54, 1.807) is 4.90 Å². The molecule has 1 saturated heterocycles. The number of rotatable bonds is 1. The second-order valence-electron chi connectivity index (χ2n) is 3.54. The zero-order chi connectivity index (χ0) is 10.3. The van der Waals surface area contributed by atoms with Crippen LogP contribution in [0.2, 0.25) is 0 Å². The number of aliphatic carboxylic acids is 1. The van der Waals surface area contributed by atoms with E-state index in [1.807, 2.05) is 0 Å². The van der Waals surface area contributed by atoms with Gasteiger partial charge in [-0.1, -0.05) is 0 Å². The molecule has 2 aliphatic rings. The molecular weight excluding hydrogens is 188 g/mol. The van der Waals surface area contributed by atoms with Crippen LogP contribution in [0.4, 0.5) is 0 Å². The first-order valence-electron chi connectivity index (χ1n) is 4.41. The van der Waals surface area contributed by atoms with Crippen molar-refractivity contribution >= 4 is 17.8 Å². The highest BCUT2D eigenvalue weighted by Gasteiger charge is 2.41. The Hall–Kier alpha value is -1.59. The van der Waals surface area contributed by atoms with Gasteiger partial charge in [-0.3, -0.25) is 9.59 Å². The Bertz CT molecular complexity index is 310. The number of carboxylic acids is 1. The van der Waals surface area contributed by atoms with Gasteiger partial charge in [0.25, 0.3) is 0 Å². The zero-order valence-electron chi connectivity index (χ0n) is 7.47. The van der Waals surface area contributed by atoms with Crippen LogP contribution in [0.1, 0.15) is 12.8 Å². The third kappa shape index (κ3) is 1.43. The summed E-state index contributed by atoms with van der Waals surface area (Å²) in [5.41, 5.74) is 0. The van der Waals surface area contributed by atoms with Crippen LogP contribution in [-0.4, -0.2) is 51.9 Å². The van der Waals surface area contributed by atoms with E-state index in [-0.39, 0.29) is 25.2 Å². The maximum Gasteiger partial charge on any atom is 0.394 e. The molecule has 0 spiro atoms. The van der Waals surface area contributed by atoms with E-state index in [0.717, 1.165) is 17.7 Å². The van der Waals surface area contributed by atoms with Gasteiger partial charge in [-0.15, -0.1) is 0 Å². The summed E-state index contributed by atoms with van der Waals surface area (Å²) in [7, 11) is 0. The van der Waals surface area contributed by atoms with Crippen molar-refractivity contribution in [1.29, 1.82) is 0 Å². The van der Waals surface area contributed by atoms with Crippen molar-refractivity contribution in [3.8, 4) is 0 Å². The van der Waals surface area contributed by atoms with Gasteiger partial charge in [0.1, 0.15) is 6.54 Å². The Morgan fingerprint density at radius 2 is 2.00 bits per heavy atom. The molecule has 0 aromatic heterocycles. The second-order valence-corrected chi connectivity index (χ2v) is 3.54. The normalized spacial score (nSPS) is 21.6. The van der Waals surface area contributed by atoms with Gasteiger partial charge in [-0.2, -0.15) is 0 Å². The molecule has 0 atom stereocenters. The number of hydrogen-bond donors (Lipinski definition) is 1. The molecule has 0 bridgehead atoms. The molecule has 1 N–H and O–H groups in total. The molecule has 0 unspecified atom stereocenters. The first kappa shape index (κ1) is 8.98. The van der Waals surface area contributed by atoms with Crippen molar-refractivity contribution in [1.82, 2.24) is 9.80 Å². The van der Waals surface area contributed by atoms with Gasteiger partial charge >= 0.3 is 11.9 Å². The first-order chi connectivity index (χ1) is 6.59. The van der Waals surface area contributed by atoms with E-state index < -0.39 is 11.9 Å². The summed E-state index contributed by atoms with van der Waals surface area (Å²) in [6.07, 6.45) is 1.92. The summed E-state index contributed by atoms with van der Waals surface area (Å²) >= 11 is 0. The van der Waals surface area contributed by atoms with Crippen LogP contribution in [-0.2, 0) is 14.4 Å². The van der Waals surface area contributed by atoms with Gasteiger partial charge in [-0.05, 0) is 12.8 Å². The lowest BCUT2D eigenvalue weighted by atomic mass is 10.5. The minimum Gasteiger partial charge on any atom is -0.474 e. The smallest absolute Gasteiger partial charge is 0.394 e. The van der Waals surface area contributed by atoms with E-state index >= 15 is 0 Å². The predicted octanol–water partition coefficient (Wildman–Crippen LogP) is -1.14. The maximum absolute atomic E-state index is 11.3. The third-order valence-electron chi connectivity index (χ3n) is 2.43. The SMILES string of the molecule is O=C(O)C(=O)N1CC(=O)N(C2CC2)C1. The van der Waals surface area contributed by atoms with E-state index in [0.29, 0.717) is 0 Å². The molecular formula is C8H10N2O4. The molecule has 1 saturated carbocycles. The van der Waals surface area contributed by atoms with Gasteiger partial charge in [0.15, 0.2) is 0 Å². The number of carboxylic acid groups (broad SMARTS) is 1. The zero-order valence-corrected chi connectivity index (χ0v) is 7.47. The standard InChI is InChI=1S/C8H10N2O4/c11-6-3-9(7(12)8(13)14)4-10(6)5-1-2-5/h5H,1-4H2,(H,13,14). The summed E-state index contributed by atoms with van der Waals surface area (Å²) in [6.45, 7) is 0.0380. The lowest BCUT2D eigenvalue weighted by molar-refractivity contribution is -0.155. The van der Waals surface area contributed by atoms with E-state index in [2.05, 4.69) is 0 Å². The Morgan fingerprint density at radius 1 is 1.36 bits per heavy atom. The topological polar surface area (TPSA) is 77.9 Å². The van der Waals surface area contributed by atoms with Gasteiger partial charge < -0.3 is 14.9 Å². The van der Waals surface area contributed by atoms with Crippen molar-refractivity contribution in [2.24, 2.45) is 0 Å². The fraction of sp³-hybridized carbons (Fsp3) is 0.625. The molecule has 6 heteroatoms. The largest absolute Gasteiger partial charge is 0.474 e. The van der Waals surface area contributed by atoms with E-state index in [9.17, 15) is 14.4 Å². The average Bonchev–Trinajstić information content (AvgIpc) is 2.89. The Labute approximate surface area is 80.1 Å². The molecule has 0 aromatic rings. The third-order valence-corrected chi connectivity index (χ3v) is 2.43. The highest BCUT2D eigenvalue weighted by molar-refractivity contribution is 6.31. The Balaban J connectivity index is 2.01. The fourth-order valence-corrected chi connectivity index (χ4v) is 1.54. The van der Waals surface area contributed by atoms with Crippen molar-refractivity contribution in [3.63, 3.8) is 0 Å². The number of carbonyl (C=O) groups is 3. The molecule has 14 heavy (non-hydrogen) atoms. The van der Waals surface area contributed by atoms with Crippen LogP contribution in [0.15, 0.2) is 0 Å². The van der Waals surface area contributed by atoms with Gasteiger partial charge in [0.05, 0.1) is 6.67 Å². The molecule has 1 aliphatic heterocycles. The summed E-state index contributed by atoms with van der Waals surface area (Å²) in [4.78, 5) is 35.4. The van der Waals surface area contributed by atoms with Gasteiger partial charge in [0, 0.05) is 6.04 Å². The monoisotopic (exact) mass is 198 g/mol. The summed E-state index contributed by atoms with van der Waals surface area (Å²) in [6, 6.07) is 0.231. The molecule has 0 aromatic carbocycles. The first-order valence-corrected chi connectivity index (χ1v) is 4.41. The minimum atomic E-state index is -1.50. The molecule has 1 aliphatic carbocycles. The van der Waals surface area contributed by atoms with Gasteiger partial charge in [0.2, 0.25) is 5.91 Å². The quantitative estimate of drug-likeness (QED) is 0.540. The highest BCUT2D eigenvalue weighted by atomic mass is 16.4. The molecule has 2 amide bonds. The van der Waals surface area contributed by atoms with Crippen molar-refractivity contribution in [2.75, 3.05) is 13.2 Å². The maximum atomic E-state index is 11.3. The van der Waals surface area contributed by atoms with Crippen LogP contribution in [0, 0.1) is 0 Å². The van der Waals surface area contributed by atoms with Crippen molar-refractivity contribution in [2.45, 2.75) is 18.9 Å². The molecule has 76 valence electrons. The number of amides is 2. The number of carbonyl (C=O) groups excluding carboxylic acids is 2. The van der Waals surface area contributed by atoms with Crippen LogP contribution in [0.25, 0.3) is 0 Å². The van der Waals surface area contributed by atoms with Crippen LogP contribution in [0.5, 0.6) is 0 Å². The molecule has 2 fully saturated rings. The number of nitrogens with zero attached hydrogens (tertiary/aromatic N) is 2. The van der Waals surface area contributed by atoms with Crippen LogP contribution in [0.3, 0.4) is 0 Å². The average molecular weight is 198 g/mol. The number of hydrogen-bond acceptors (Lipinski definition) is 3. The van der Waals surface area contributed by atoms with Crippen molar-refractivity contribution < 1.29 is 19.5 Å².